The van der Waals surface area contributed by atoms with Crippen molar-refractivity contribution in [1.82, 2.24) is 5.32 Å². The van der Waals surface area contributed by atoms with Crippen molar-refractivity contribution in [3.8, 4) is 28.4 Å². The van der Waals surface area contributed by atoms with Crippen molar-refractivity contribution in [1.29, 1.82) is 0 Å². The fraction of sp³-hybridized carbons (Fsp3) is 0.417. The van der Waals surface area contributed by atoms with Gasteiger partial charge in [0.15, 0.2) is 11.5 Å². The second-order valence-corrected chi connectivity index (χ2v) is 15.2. The molecule has 0 saturated carbocycles. The van der Waals surface area contributed by atoms with Crippen LogP contribution in [-0.4, -0.2) is 71.9 Å². The lowest BCUT2D eigenvalue weighted by Gasteiger charge is -2.28. The quantitative estimate of drug-likeness (QED) is 0.234. The minimum Gasteiger partial charge on any atom is -0.493 e. The maximum Gasteiger partial charge on any atom is 0.246 e. The van der Waals surface area contributed by atoms with Crippen LogP contribution in [0.15, 0.2) is 53.3 Å². The van der Waals surface area contributed by atoms with Gasteiger partial charge >= 0.3 is 0 Å². The Labute approximate surface area is 297 Å². The molecule has 0 unspecified atom stereocenters. The summed E-state index contributed by atoms with van der Waals surface area (Å²) >= 11 is 1.57. The van der Waals surface area contributed by atoms with Gasteiger partial charge in [-0.05, 0) is 97.2 Å². The fourth-order valence-electron chi connectivity index (χ4n) is 6.57. The molecule has 2 amide bonds. The predicted octanol–water partition coefficient (Wildman–Crippen LogP) is 4.97. The molecule has 1 saturated heterocycles. The first-order chi connectivity index (χ1) is 24.0. The van der Waals surface area contributed by atoms with Crippen LogP contribution in [0, 0.1) is 0 Å². The Hall–Kier alpha value is -4.43. The molecule has 14 heteroatoms. The van der Waals surface area contributed by atoms with Crippen molar-refractivity contribution < 1.29 is 32.2 Å². The molecule has 268 valence electrons. The molecular formula is C36H44N4O8S2. The molecule has 2 atom stereocenters. The molecule has 3 aromatic rings. The van der Waals surface area contributed by atoms with Gasteiger partial charge in [-0.15, -0.1) is 0 Å². The molecule has 12 nitrogen and oxygen atoms in total. The molecule has 0 spiro atoms. The number of carbonyl (C=O) groups excluding carboxylic acids is 2. The fourth-order valence-corrected chi connectivity index (χ4v) is 8.67. The summed E-state index contributed by atoms with van der Waals surface area (Å²) in [6.07, 6.45) is 4.81. The highest BCUT2D eigenvalue weighted by Crippen LogP contribution is 2.50. The molecule has 0 radical (unpaired) electrons. The van der Waals surface area contributed by atoms with Crippen LogP contribution in [0.3, 0.4) is 0 Å². The monoisotopic (exact) mass is 724 g/mol. The molecule has 0 bridgehead atoms. The van der Waals surface area contributed by atoms with Crippen molar-refractivity contribution in [2.75, 3.05) is 60.6 Å². The highest BCUT2D eigenvalue weighted by molar-refractivity contribution is 7.98. The summed E-state index contributed by atoms with van der Waals surface area (Å²) in [5.41, 5.74) is 3.70. The van der Waals surface area contributed by atoms with E-state index in [0.29, 0.717) is 77.7 Å². The van der Waals surface area contributed by atoms with Gasteiger partial charge in [0.1, 0.15) is 6.04 Å². The van der Waals surface area contributed by atoms with Crippen LogP contribution < -0.4 is 39.9 Å². The zero-order valence-corrected chi connectivity index (χ0v) is 30.6. The number of aryl methyl sites for hydroxylation is 1. The number of ether oxygens (including phenoxy) is 3. The molecular weight excluding hydrogens is 681 g/mol. The van der Waals surface area contributed by atoms with E-state index in [1.165, 1.54) is 24.4 Å². The molecule has 1 heterocycles. The van der Waals surface area contributed by atoms with E-state index >= 15 is 0 Å². The molecule has 3 aromatic carbocycles. The number of hydrogen-bond donors (Lipinski definition) is 3. The Morgan fingerprint density at radius 1 is 1.02 bits per heavy atom. The summed E-state index contributed by atoms with van der Waals surface area (Å²) in [7, 11) is 1.19. The minimum absolute atomic E-state index is 0.0887. The third kappa shape index (κ3) is 7.96. The lowest BCUT2D eigenvalue weighted by molar-refractivity contribution is -0.120. The number of anilines is 3. The number of amides is 2. The van der Waals surface area contributed by atoms with Crippen molar-refractivity contribution >= 4 is 50.7 Å². The van der Waals surface area contributed by atoms with E-state index in [9.17, 15) is 22.8 Å². The van der Waals surface area contributed by atoms with Crippen LogP contribution in [0.5, 0.6) is 17.2 Å². The van der Waals surface area contributed by atoms with Crippen LogP contribution in [0.1, 0.15) is 49.8 Å². The van der Waals surface area contributed by atoms with Gasteiger partial charge in [0, 0.05) is 24.7 Å². The molecule has 0 aromatic heterocycles. The van der Waals surface area contributed by atoms with Crippen LogP contribution in [-0.2, 0) is 26.0 Å². The Balaban J connectivity index is 1.53. The highest BCUT2D eigenvalue weighted by atomic mass is 32.2. The van der Waals surface area contributed by atoms with Gasteiger partial charge < -0.3 is 30.2 Å². The number of rotatable bonds is 12. The van der Waals surface area contributed by atoms with Crippen LogP contribution in [0.2, 0.25) is 0 Å². The average molecular weight is 725 g/mol. The van der Waals surface area contributed by atoms with Crippen LogP contribution >= 0.6 is 11.8 Å². The number of sulfonamides is 1. The third-order valence-electron chi connectivity index (χ3n) is 8.92. The number of methoxy groups -OCH3 is 3. The Kier molecular flexibility index (Phi) is 11.8. The number of fused-ring (bicyclic) bond motifs is 3. The van der Waals surface area contributed by atoms with Crippen molar-refractivity contribution in [2.24, 2.45) is 0 Å². The van der Waals surface area contributed by atoms with Crippen LogP contribution in [0.25, 0.3) is 11.1 Å². The molecule has 1 aliphatic heterocycles. The molecule has 5 rings (SSSR count). The molecule has 1 aliphatic carbocycles. The smallest absolute Gasteiger partial charge is 0.246 e. The zero-order chi connectivity index (χ0) is 36.0. The van der Waals surface area contributed by atoms with Gasteiger partial charge in [0.2, 0.25) is 33.0 Å². The maximum absolute atomic E-state index is 13.9. The summed E-state index contributed by atoms with van der Waals surface area (Å²) in [5, 5.41) is 9.12. The molecule has 2 aliphatic rings. The second-order valence-electron chi connectivity index (χ2n) is 12.2. The van der Waals surface area contributed by atoms with E-state index in [1.807, 2.05) is 12.3 Å². The van der Waals surface area contributed by atoms with Crippen LogP contribution in [0.4, 0.5) is 17.1 Å². The van der Waals surface area contributed by atoms with Gasteiger partial charge in [-0.25, -0.2) is 8.42 Å². The van der Waals surface area contributed by atoms with Crippen molar-refractivity contribution in [3.63, 3.8) is 0 Å². The summed E-state index contributed by atoms with van der Waals surface area (Å²) in [5.74, 6) is 1.47. The minimum atomic E-state index is -3.43. The van der Waals surface area contributed by atoms with Gasteiger partial charge in [-0.3, -0.25) is 18.7 Å². The van der Waals surface area contributed by atoms with E-state index in [4.69, 9.17) is 14.2 Å². The molecule has 50 heavy (non-hydrogen) atoms. The Morgan fingerprint density at radius 3 is 2.48 bits per heavy atom. The zero-order valence-electron chi connectivity index (χ0n) is 29.0. The van der Waals surface area contributed by atoms with E-state index in [0.717, 1.165) is 17.5 Å². The van der Waals surface area contributed by atoms with Gasteiger partial charge in [-0.1, -0.05) is 12.1 Å². The summed E-state index contributed by atoms with van der Waals surface area (Å²) < 4.78 is 44.0. The topological polar surface area (TPSA) is 152 Å². The number of carbonyl (C=O) groups is 2. The van der Waals surface area contributed by atoms with E-state index < -0.39 is 22.1 Å². The van der Waals surface area contributed by atoms with Crippen molar-refractivity contribution in [2.45, 2.75) is 51.1 Å². The lowest BCUT2D eigenvalue weighted by Crippen LogP contribution is -2.38. The number of nitrogens with one attached hydrogen (secondary N) is 3. The number of nitrogens with zero attached hydrogens (tertiary/aromatic N) is 1. The lowest BCUT2D eigenvalue weighted by atomic mass is 9.95. The molecule has 1 fully saturated rings. The first-order valence-corrected chi connectivity index (χ1v) is 19.5. The standard InChI is InChI=1S/C36H44N4O8S2/c1-22(41)37-28-13-11-23-19-32(46-2)34(47-3)35(48-4)33(23)26-12-14-29(31(42)21-27(26)28)39-30(15-17-49-5)36(43)38-24-9-8-10-25(20-24)40-16-6-7-18-50(40,44)45/h8-10,12,14,19-21,28,30H,6-7,11,13,15-18H2,1-5H3,(H,37,41)(H,38,43)(H,39,42)/t28-,30-/m0/s1. The van der Waals surface area contributed by atoms with Gasteiger partial charge in [0.05, 0.1) is 44.5 Å². The largest absolute Gasteiger partial charge is 0.493 e. The Morgan fingerprint density at radius 2 is 1.80 bits per heavy atom. The number of benzene rings is 2. The predicted molar refractivity (Wildman–Crippen MR) is 199 cm³/mol. The SMILES string of the molecule is COc1cc2c(c(OC)c1OC)-c1ccc(N[C@@H](CCSC)C(=O)Nc3cccc(N4CCCCS4(=O)=O)c3)c(=O)cc1[C@@H](NC(C)=O)CC2. The van der Waals surface area contributed by atoms with Gasteiger partial charge in [-0.2, -0.15) is 11.8 Å². The second kappa shape index (κ2) is 16.1. The average Bonchev–Trinajstić information content (AvgIpc) is 3.33. The summed E-state index contributed by atoms with van der Waals surface area (Å²) in [4.78, 5) is 40.0. The normalized spacial score (nSPS) is 16.9. The number of hydrogen-bond acceptors (Lipinski definition) is 10. The summed E-state index contributed by atoms with van der Waals surface area (Å²) in [6.45, 7) is 1.83. The van der Waals surface area contributed by atoms with E-state index in [1.54, 1.807) is 62.4 Å². The van der Waals surface area contributed by atoms with E-state index in [2.05, 4.69) is 16.0 Å². The van der Waals surface area contributed by atoms with Gasteiger partial charge in [0.25, 0.3) is 0 Å². The molecule has 3 N–H and O–H groups in total. The Bertz CT molecular complexity index is 1920. The first-order valence-electron chi connectivity index (χ1n) is 16.5. The summed E-state index contributed by atoms with van der Waals surface area (Å²) in [6, 6.07) is 12.4. The third-order valence-corrected chi connectivity index (χ3v) is 11.4. The van der Waals surface area contributed by atoms with E-state index in [-0.39, 0.29) is 28.7 Å². The van der Waals surface area contributed by atoms with Crippen molar-refractivity contribution in [3.05, 3.63) is 69.9 Å². The maximum atomic E-state index is 13.9. The highest BCUT2D eigenvalue weighted by Gasteiger charge is 2.30. The first kappa shape index (κ1) is 36.8. The number of thioether (sulfide) groups is 1.